The largest absolute Gasteiger partial charge is 0.481 e. The van der Waals surface area contributed by atoms with Crippen LogP contribution in [0.4, 0.5) is 0 Å². The van der Waals surface area contributed by atoms with Crippen molar-refractivity contribution in [2.24, 2.45) is 0 Å². The Balaban J connectivity index is 2.45. The lowest BCUT2D eigenvalue weighted by molar-refractivity contribution is -0.142. The predicted octanol–water partition coefficient (Wildman–Crippen LogP) is 2.99. The van der Waals surface area contributed by atoms with Gasteiger partial charge >= 0.3 is 5.97 Å². The molecule has 3 heteroatoms. The number of aliphatic carboxylic acids is 1. The lowest BCUT2D eigenvalue weighted by Gasteiger charge is -2.22. The van der Waals surface area contributed by atoms with Gasteiger partial charge in [-0.25, -0.2) is 0 Å². The molecule has 1 aromatic heterocycles. The SMILES string of the molecule is CC(C)(C(=O)O)c1csc2c1CCCC2. The first kappa shape index (κ1) is 10.7. The summed E-state index contributed by atoms with van der Waals surface area (Å²) >= 11 is 1.73. The van der Waals surface area contributed by atoms with E-state index in [4.69, 9.17) is 0 Å². The number of hydrogen-bond donors (Lipinski definition) is 1. The Morgan fingerprint density at radius 3 is 2.73 bits per heavy atom. The molecule has 0 aliphatic heterocycles. The minimum Gasteiger partial charge on any atom is -0.481 e. The first-order valence-corrected chi connectivity index (χ1v) is 6.24. The second-order valence-electron chi connectivity index (χ2n) is 4.69. The quantitative estimate of drug-likeness (QED) is 0.838. The summed E-state index contributed by atoms with van der Waals surface area (Å²) in [4.78, 5) is 12.6. The van der Waals surface area contributed by atoms with E-state index in [2.05, 4.69) is 0 Å². The van der Waals surface area contributed by atoms with Crippen molar-refractivity contribution in [2.75, 3.05) is 0 Å². The number of hydrogen-bond acceptors (Lipinski definition) is 2. The van der Waals surface area contributed by atoms with E-state index < -0.39 is 11.4 Å². The van der Waals surface area contributed by atoms with Crippen molar-refractivity contribution in [2.45, 2.75) is 44.9 Å². The van der Waals surface area contributed by atoms with Crippen LogP contribution in [-0.4, -0.2) is 11.1 Å². The van der Waals surface area contributed by atoms with E-state index >= 15 is 0 Å². The first-order chi connectivity index (χ1) is 7.03. The van der Waals surface area contributed by atoms with Gasteiger partial charge in [0.15, 0.2) is 0 Å². The van der Waals surface area contributed by atoms with Gasteiger partial charge in [0.1, 0.15) is 0 Å². The summed E-state index contributed by atoms with van der Waals surface area (Å²) in [5.41, 5.74) is 1.62. The number of carboxylic acid groups (broad SMARTS) is 1. The van der Waals surface area contributed by atoms with E-state index in [9.17, 15) is 9.90 Å². The van der Waals surface area contributed by atoms with Crippen molar-refractivity contribution in [1.82, 2.24) is 0 Å². The molecule has 1 aliphatic rings. The molecule has 0 radical (unpaired) electrons. The third-order valence-corrected chi connectivity index (χ3v) is 4.36. The molecule has 0 bridgehead atoms. The highest BCUT2D eigenvalue weighted by atomic mass is 32.1. The van der Waals surface area contributed by atoms with E-state index in [1.54, 1.807) is 25.2 Å². The van der Waals surface area contributed by atoms with Gasteiger partial charge in [-0.3, -0.25) is 4.79 Å². The second-order valence-corrected chi connectivity index (χ2v) is 5.65. The molecule has 0 amide bonds. The molecule has 1 N–H and O–H groups in total. The third-order valence-electron chi connectivity index (χ3n) is 3.27. The maximum Gasteiger partial charge on any atom is 0.313 e. The fraction of sp³-hybridized carbons (Fsp3) is 0.583. The van der Waals surface area contributed by atoms with Gasteiger partial charge in [-0.2, -0.15) is 0 Å². The maximum absolute atomic E-state index is 11.2. The number of thiophene rings is 1. The first-order valence-electron chi connectivity index (χ1n) is 5.36. The third kappa shape index (κ3) is 1.69. The molecule has 0 atom stereocenters. The van der Waals surface area contributed by atoms with Gasteiger partial charge in [-0.1, -0.05) is 0 Å². The summed E-state index contributed by atoms with van der Waals surface area (Å²) in [6.07, 6.45) is 4.65. The predicted molar refractivity (Wildman–Crippen MR) is 61.6 cm³/mol. The summed E-state index contributed by atoms with van der Waals surface area (Å²) in [5, 5.41) is 11.3. The molecule has 2 rings (SSSR count). The molecular weight excluding hydrogens is 208 g/mol. The fourth-order valence-electron chi connectivity index (χ4n) is 2.13. The minimum absolute atomic E-state index is 0.728. The van der Waals surface area contributed by atoms with E-state index in [0.717, 1.165) is 18.4 Å². The van der Waals surface area contributed by atoms with Gasteiger partial charge in [-0.05, 0) is 56.0 Å². The molecule has 2 nitrogen and oxygen atoms in total. The molecule has 15 heavy (non-hydrogen) atoms. The number of carbonyl (C=O) groups is 1. The van der Waals surface area contributed by atoms with Crippen LogP contribution in [0.1, 0.15) is 42.7 Å². The summed E-state index contributed by atoms with van der Waals surface area (Å²) in [6, 6.07) is 0. The standard InChI is InChI=1S/C12H16O2S/c1-12(2,11(13)14)9-7-15-10-6-4-3-5-8(9)10/h7H,3-6H2,1-2H3,(H,13,14). The van der Waals surface area contributed by atoms with Crippen molar-refractivity contribution in [3.05, 3.63) is 21.4 Å². The summed E-state index contributed by atoms with van der Waals surface area (Å²) < 4.78 is 0. The van der Waals surface area contributed by atoms with E-state index in [0.29, 0.717) is 0 Å². The zero-order valence-electron chi connectivity index (χ0n) is 9.17. The molecule has 0 saturated carbocycles. The van der Waals surface area contributed by atoms with Crippen LogP contribution in [0.3, 0.4) is 0 Å². The Morgan fingerprint density at radius 1 is 1.40 bits per heavy atom. The summed E-state index contributed by atoms with van der Waals surface area (Å²) in [7, 11) is 0. The maximum atomic E-state index is 11.2. The van der Waals surface area contributed by atoms with Crippen LogP contribution >= 0.6 is 11.3 Å². The molecular formula is C12H16O2S. The zero-order valence-corrected chi connectivity index (χ0v) is 9.99. The van der Waals surface area contributed by atoms with Crippen LogP contribution < -0.4 is 0 Å². The molecule has 1 heterocycles. The molecule has 1 aliphatic carbocycles. The molecule has 0 fully saturated rings. The Bertz CT molecular complexity index is 390. The van der Waals surface area contributed by atoms with E-state index in [1.807, 2.05) is 5.38 Å². The van der Waals surface area contributed by atoms with Crippen LogP contribution in [0.15, 0.2) is 5.38 Å². The van der Waals surface area contributed by atoms with Crippen LogP contribution in [-0.2, 0) is 23.1 Å². The molecule has 0 aromatic carbocycles. The van der Waals surface area contributed by atoms with Crippen molar-refractivity contribution >= 4 is 17.3 Å². The number of rotatable bonds is 2. The second kappa shape index (κ2) is 3.63. The van der Waals surface area contributed by atoms with Crippen molar-refractivity contribution in [3.63, 3.8) is 0 Å². The number of carboxylic acids is 1. The Kier molecular flexibility index (Phi) is 2.59. The number of fused-ring (bicyclic) bond motifs is 1. The Morgan fingerprint density at radius 2 is 2.07 bits per heavy atom. The van der Waals surface area contributed by atoms with Gasteiger partial charge in [0, 0.05) is 4.88 Å². The van der Waals surface area contributed by atoms with Gasteiger partial charge in [0.25, 0.3) is 0 Å². The number of aryl methyl sites for hydroxylation is 1. The summed E-state index contributed by atoms with van der Waals surface area (Å²) in [6.45, 7) is 3.60. The van der Waals surface area contributed by atoms with Gasteiger partial charge in [-0.15, -0.1) is 11.3 Å². The molecule has 0 saturated heterocycles. The van der Waals surface area contributed by atoms with E-state index in [-0.39, 0.29) is 0 Å². The summed E-state index contributed by atoms with van der Waals surface area (Å²) in [5.74, 6) is -0.728. The van der Waals surface area contributed by atoms with Gasteiger partial charge < -0.3 is 5.11 Å². The minimum atomic E-state index is -0.735. The topological polar surface area (TPSA) is 37.3 Å². The van der Waals surface area contributed by atoms with Crippen molar-refractivity contribution in [1.29, 1.82) is 0 Å². The van der Waals surface area contributed by atoms with Crippen LogP contribution in [0.2, 0.25) is 0 Å². The van der Waals surface area contributed by atoms with Crippen LogP contribution in [0, 0.1) is 0 Å². The average Bonchev–Trinajstić information content (AvgIpc) is 2.61. The molecule has 0 unspecified atom stereocenters. The lowest BCUT2D eigenvalue weighted by atomic mass is 9.81. The Labute approximate surface area is 93.9 Å². The van der Waals surface area contributed by atoms with Crippen LogP contribution in [0.25, 0.3) is 0 Å². The smallest absolute Gasteiger partial charge is 0.313 e. The van der Waals surface area contributed by atoms with Gasteiger partial charge in [0.05, 0.1) is 5.41 Å². The van der Waals surface area contributed by atoms with E-state index in [1.165, 1.54) is 23.3 Å². The normalized spacial score (nSPS) is 16.1. The monoisotopic (exact) mass is 224 g/mol. The van der Waals surface area contributed by atoms with Crippen molar-refractivity contribution in [3.8, 4) is 0 Å². The highest BCUT2D eigenvalue weighted by molar-refractivity contribution is 7.10. The Hall–Kier alpha value is -0.830. The fourth-order valence-corrected chi connectivity index (χ4v) is 3.45. The average molecular weight is 224 g/mol. The highest BCUT2D eigenvalue weighted by Crippen LogP contribution is 2.37. The lowest BCUT2D eigenvalue weighted by Crippen LogP contribution is -2.29. The van der Waals surface area contributed by atoms with Crippen molar-refractivity contribution < 1.29 is 9.90 Å². The highest BCUT2D eigenvalue weighted by Gasteiger charge is 2.33. The molecule has 1 aromatic rings. The zero-order chi connectivity index (χ0) is 11.1. The molecule has 82 valence electrons. The van der Waals surface area contributed by atoms with Crippen LogP contribution in [0.5, 0.6) is 0 Å². The molecule has 0 spiro atoms. The van der Waals surface area contributed by atoms with Gasteiger partial charge in [0.2, 0.25) is 0 Å².